The van der Waals surface area contributed by atoms with Gasteiger partial charge in [0.1, 0.15) is 0 Å². The maximum atomic E-state index is 10.3. The lowest BCUT2D eigenvalue weighted by Crippen LogP contribution is -1.84. The highest BCUT2D eigenvalue weighted by molar-refractivity contribution is 5.80. The molecule has 0 heterocycles. The zero-order valence-electron chi connectivity index (χ0n) is 16.5. The van der Waals surface area contributed by atoms with E-state index in [2.05, 4.69) is 79.8 Å². The Labute approximate surface area is 165 Å². The largest absolute Gasteiger partial charge is 0.478 e. The van der Waals surface area contributed by atoms with Crippen molar-refractivity contribution < 1.29 is 9.90 Å². The van der Waals surface area contributed by atoms with Gasteiger partial charge >= 0.3 is 5.97 Å². The fraction of sp³-hybridized carbons (Fsp3) is 0.320. The molecule has 0 aliphatic carbocycles. The van der Waals surface area contributed by atoms with Crippen LogP contribution in [-0.4, -0.2) is 11.1 Å². The summed E-state index contributed by atoms with van der Waals surface area (Å²) >= 11 is 0. The number of hydrogen-bond acceptors (Lipinski definition) is 1. The van der Waals surface area contributed by atoms with Gasteiger partial charge < -0.3 is 5.11 Å². The monoisotopic (exact) mass is 366 g/mol. The molecule has 0 aromatic rings. The van der Waals surface area contributed by atoms with Crippen molar-refractivity contribution in [1.82, 2.24) is 0 Å². The van der Waals surface area contributed by atoms with Gasteiger partial charge in [-0.2, -0.15) is 0 Å². The first-order valence-electron chi connectivity index (χ1n) is 9.73. The highest BCUT2D eigenvalue weighted by Gasteiger charge is 1.80. The topological polar surface area (TPSA) is 37.3 Å². The maximum Gasteiger partial charge on any atom is 0.328 e. The molecular formula is C25H34O2. The minimum atomic E-state index is -0.923. The van der Waals surface area contributed by atoms with Gasteiger partial charge in [-0.25, -0.2) is 4.79 Å². The van der Waals surface area contributed by atoms with Gasteiger partial charge in [-0.1, -0.05) is 98.1 Å². The van der Waals surface area contributed by atoms with Crippen LogP contribution in [0.1, 0.15) is 51.9 Å². The molecule has 0 radical (unpaired) electrons. The molecule has 146 valence electrons. The quantitative estimate of drug-likeness (QED) is 0.188. The van der Waals surface area contributed by atoms with Crippen molar-refractivity contribution in [2.75, 3.05) is 0 Å². The lowest BCUT2D eigenvalue weighted by Gasteiger charge is -1.86. The Morgan fingerprint density at radius 2 is 0.889 bits per heavy atom. The number of allylic oxidation sites excluding steroid dienone is 15. The summed E-state index contributed by atoms with van der Waals surface area (Å²) in [7, 11) is 0. The molecule has 0 aliphatic heterocycles. The number of carboxylic acid groups (broad SMARTS) is 1. The van der Waals surface area contributed by atoms with Gasteiger partial charge in [-0.05, 0) is 44.9 Å². The third-order valence-corrected chi connectivity index (χ3v) is 3.35. The summed E-state index contributed by atoms with van der Waals surface area (Å²) in [5, 5.41) is 8.42. The third kappa shape index (κ3) is 23.4. The zero-order valence-corrected chi connectivity index (χ0v) is 16.5. The lowest BCUT2D eigenvalue weighted by atomic mass is 10.2. The van der Waals surface area contributed by atoms with E-state index in [0.717, 1.165) is 51.0 Å². The van der Waals surface area contributed by atoms with Crippen LogP contribution < -0.4 is 0 Å². The molecule has 0 aromatic heterocycles. The number of rotatable bonds is 15. The van der Waals surface area contributed by atoms with Gasteiger partial charge in [0.05, 0.1) is 0 Å². The second-order valence-corrected chi connectivity index (χ2v) is 5.78. The average molecular weight is 367 g/mol. The first-order valence-corrected chi connectivity index (χ1v) is 9.73. The Morgan fingerprint density at radius 1 is 0.556 bits per heavy atom. The summed E-state index contributed by atoms with van der Waals surface area (Å²) in [5.41, 5.74) is 0. The van der Waals surface area contributed by atoms with Gasteiger partial charge in [0.25, 0.3) is 0 Å². The van der Waals surface area contributed by atoms with Crippen LogP contribution >= 0.6 is 0 Å². The first-order chi connectivity index (χ1) is 13.3. The molecule has 0 aliphatic rings. The molecule has 27 heavy (non-hydrogen) atoms. The maximum absolute atomic E-state index is 10.3. The molecule has 0 saturated heterocycles. The molecule has 0 aromatic carbocycles. The fourth-order valence-corrected chi connectivity index (χ4v) is 1.99. The molecular weight excluding hydrogens is 332 g/mol. The first kappa shape index (κ1) is 24.4. The molecule has 2 nitrogen and oxygen atoms in total. The van der Waals surface area contributed by atoms with Crippen LogP contribution in [0, 0.1) is 0 Å². The van der Waals surface area contributed by atoms with Crippen molar-refractivity contribution in [1.29, 1.82) is 0 Å². The number of carboxylic acids is 1. The van der Waals surface area contributed by atoms with E-state index in [1.165, 1.54) is 6.08 Å². The van der Waals surface area contributed by atoms with E-state index in [-0.39, 0.29) is 0 Å². The molecule has 1 N–H and O–H groups in total. The molecule has 2 heteroatoms. The second kappa shape index (κ2) is 21.4. The van der Waals surface area contributed by atoms with Crippen molar-refractivity contribution >= 4 is 5.97 Å². The Balaban J connectivity index is 3.59. The van der Waals surface area contributed by atoms with Crippen LogP contribution in [0.25, 0.3) is 0 Å². The Hall–Kier alpha value is -2.61. The predicted octanol–water partition coefficient (Wildman–Crippen LogP) is 7.27. The SMILES string of the molecule is CCC=CCC=CCC=CCC=CCC=CCC=CCC=CC=CC(=O)O. The third-order valence-electron chi connectivity index (χ3n) is 3.35. The smallest absolute Gasteiger partial charge is 0.328 e. The predicted molar refractivity (Wildman–Crippen MR) is 119 cm³/mol. The van der Waals surface area contributed by atoms with Crippen LogP contribution in [0.2, 0.25) is 0 Å². The number of aliphatic carboxylic acids is 1. The standard InChI is InChI=1S/C25H34O2/c1-2-3-4-5-6-7-8-9-10-11-12-13-14-15-16-17-18-19-20-21-22-23-24-25(26)27/h3-4,6-7,9-10,12-13,15-16,18-19,21-24H,2,5,8,11,14,17,20H2,1H3,(H,26,27). The van der Waals surface area contributed by atoms with Crippen LogP contribution in [0.4, 0.5) is 0 Å². The van der Waals surface area contributed by atoms with Crippen molar-refractivity contribution in [3.8, 4) is 0 Å². The van der Waals surface area contributed by atoms with Crippen molar-refractivity contribution in [2.24, 2.45) is 0 Å². The summed E-state index contributed by atoms with van der Waals surface area (Å²) in [5.74, 6) is -0.923. The van der Waals surface area contributed by atoms with E-state index >= 15 is 0 Å². The van der Waals surface area contributed by atoms with Gasteiger partial charge in [-0.15, -0.1) is 0 Å². The molecule has 0 bridgehead atoms. The highest BCUT2D eigenvalue weighted by Crippen LogP contribution is 1.97. The van der Waals surface area contributed by atoms with E-state index in [1.807, 2.05) is 6.08 Å². The average Bonchev–Trinajstić information content (AvgIpc) is 2.65. The molecule has 0 rings (SSSR count). The summed E-state index contributed by atoms with van der Waals surface area (Å²) in [6.45, 7) is 2.15. The van der Waals surface area contributed by atoms with Crippen LogP contribution in [0.3, 0.4) is 0 Å². The lowest BCUT2D eigenvalue weighted by molar-refractivity contribution is -0.131. The molecule has 0 atom stereocenters. The van der Waals surface area contributed by atoms with Gasteiger partial charge in [0, 0.05) is 6.08 Å². The van der Waals surface area contributed by atoms with Crippen LogP contribution in [-0.2, 0) is 4.79 Å². The Morgan fingerprint density at radius 3 is 1.22 bits per heavy atom. The van der Waals surface area contributed by atoms with E-state index < -0.39 is 5.97 Å². The van der Waals surface area contributed by atoms with Gasteiger partial charge in [-0.3, -0.25) is 0 Å². The molecule has 0 amide bonds. The van der Waals surface area contributed by atoms with Crippen LogP contribution in [0.15, 0.2) is 97.2 Å². The van der Waals surface area contributed by atoms with E-state index in [0.29, 0.717) is 0 Å². The number of carbonyl (C=O) groups is 1. The number of hydrogen-bond donors (Lipinski definition) is 1. The minimum absolute atomic E-state index is 0.814. The van der Waals surface area contributed by atoms with Crippen molar-refractivity contribution in [3.63, 3.8) is 0 Å². The van der Waals surface area contributed by atoms with Crippen molar-refractivity contribution in [2.45, 2.75) is 51.9 Å². The van der Waals surface area contributed by atoms with Gasteiger partial charge in [0.2, 0.25) is 0 Å². The summed E-state index contributed by atoms with van der Waals surface area (Å²) in [6, 6.07) is 0. The molecule has 0 unspecified atom stereocenters. The minimum Gasteiger partial charge on any atom is -0.478 e. The van der Waals surface area contributed by atoms with Gasteiger partial charge in [0.15, 0.2) is 0 Å². The fourth-order valence-electron chi connectivity index (χ4n) is 1.99. The second-order valence-electron chi connectivity index (χ2n) is 5.78. The summed E-state index contributed by atoms with van der Waals surface area (Å²) < 4.78 is 0. The summed E-state index contributed by atoms with van der Waals surface area (Å²) in [4.78, 5) is 10.3. The normalized spacial score (nSPS) is 13.5. The molecule has 0 spiro atoms. The summed E-state index contributed by atoms with van der Waals surface area (Å²) in [6.07, 6.45) is 39.3. The molecule has 0 saturated carbocycles. The zero-order chi connectivity index (χ0) is 19.8. The van der Waals surface area contributed by atoms with E-state index in [4.69, 9.17) is 5.11 Å². The highest BCUT2D eigenvalue weighted by atomic mass is 16.4. The Bertz CT molecular complexity index is 581. The molecule has 0 fully saturated rings. The Kier molecular flexibility index (Phi) is 19.4. The van der Waals surface area contributed by atoms with E-state index in [9.17, 15) is 4.79 Å². The van der Waals surface area contributed by atoms with Crippen molar-refractivity contribution in [3.05, 3.63) is 97.2 Å². The van der Waals surface area contributed by atoms with E-state index in [1.54, 1.807) is 6.08 Å². The van der Waals surface area contributed by atoms with Crippen LogP contribution in [0.5, 0.6) is 0 Å².